The van der Waals surface area contributed by atoms with Crippen LogP contribution in [0.1, 0.15) is 15.9 Å². The molecule has 3 nitrogen and oxygen atoms in total. The molecular formula is C14H12Cl2N2O. The summed E-state index contributed by atoms with van der Waals surface area (Å²) in [5.41, 5.74) is 8.11. The number of nitrogens with one attached hydrogen (secondary N) is 1. The lowest BCUT2D eigenvalue weighted by Gasteiger charge is -2.11. The van der Waals surface area contributed by atoms with Crippen LogP contribution in [0.4, 0.5) is 11.4 Å². The molecule has 98 valence electrons. The number of carbonyl (C=O) groups excluding carboxylic acids is 1. The van der Waals surface area contributed by atoms with Gasteiger partial charge in [0, 0.05) is 11.4 Å². The van der Waals surface area contributed by atoms with Crippen LogP contribution >= 0.6 is 23.2 Å². The van der Waals surface area contributed by atoms with Gasteiger partial charge in [-0.3, -0.25) is 4.79 Å². The maximum atomic E-state index is 12.2. The highest BCUT2D eigenvalue weighted by Crippen LogP contribution is 2.27. The molecule has 0 aliphatic heterocycles. The summed E-state index contributed by atoms with van der Waals surface area (Å²) in [5, 5.41) is 3.38. The van der Waals surface area contributed by atoms with Crippen molar-refractivity contribution < 1.29 is 4.79 Å². The van der Waals surface area contributed by atoms with Crippen molar-refractivity contribution in [1.82, 2.24) is 0 Å². The Kier molecular flexibility index (Phi) is 3.98. The highest BCUT2D eigenvalue weighted by atomic mass is 35.5. The number of amides is 1. The van der Waals surface area contributed by atoms with E-state index in [1.807, 2.05) is 6.92 Å². The number of benzene rings is 2. The summed E-state index contributed by atoms with van der Waals surface area (Å²) in [7, 11) is 0. The molecule has 0 aliphatic carbocycles. The van der Waals surface area contributed by atoms with Crippen LogP contribution < -0.4 is 11.1 Å². The molecule has 5 heteroatoms. The van der Waals surface area contributed by atoms with Gasteiger partial charge in [-0.05, 0) is 36.8 Å². The predicted octanol–water partition coefficient (Wildman–Crippen LogP) is 4.14. The molecule has 0 saturated carbocycles. The Morgan fingerprint density at radius 2 is 1.68 bits per heavy atom. The summed E-state index contributed by atoms with van der Waals surface area (Å²) < 4.78 is 0. The van der Waals surface area contributed by atoms with Crippen molar-refractivity contribution in [3.8, 4) is 0 Å². The molecule has 0 saturated heterocycles. The van der Waals surface area contributed by atoms with E-state index in [0.29, 0.717) is 21.4 Å². The number of hydrogen-bond donors (Lipinski definition) is 2. The summed E-state index contributed by atoms with van der Waals surface area (Å²) >= 11 is 12.0. The van der Waals surface area contributed by atoms with Crippen molar-refractivity contribution in [2.75, 3.05) is 11.1 Å². The van der Waals surface area contributed by atoms with E-state index >= 15 is 0 Å². The number of halogens is 2. The standard InChI is InChI=1S/C14H12Cl2N2O/c1-8-11(17)6-3-7-12(8)18-14(19)13-9(15)4-2-5-10(13)16/h2-7H,17H2,1H3,(H,18,19). The number of rotatable bonds is 2. The highest BCUT2D eigenvalue weighted by Gasteiger charge is 2.15. The normalized spacial score (nSPS) is 10.3. The third-order valence-electron chi connectivity index (χ3n) is 2.81. The quantitative estimate of drug-likeness (QED) is 0.818. The van der Waals surface area contributed by atoms with Gasteiger partial charge in [-0.2, -0.15) is 0 Å². The second-order valence-corrected chi connectivity index (χ2v) is 4.88. The number of carbonyl (C=O) groups is 1. The van der Waals surface area contributed by atoms with E-state index < -0.39 is 0 Å². The first-order chi connectivity index (χ1) is 9.00. The number of nitrogen functional groups attached to an aromatic ring is 1. The Balaban J connectivity index is 2.34. The van der Waals surface area contributed by atoms with E-state index in [4.69, 9.17) is 28.9 Å². The van der Waals surface area contributed by atoms with Crippen molar-refractivity contribution in [3.63, 3.8) is 0 Å². The van der Waals surface area contributed by atoms with Gasteiger partial charge in [0.25, 0.3) is 5.91 Å². The van der Waals surface area contributed by atoms with Crippen LogP contribution in [0, 0.1) is 6.92 Å². The first-order valence-electron chi connectivity index (χ1n) is 5.61. The third-order valence-corrected chi connectivity index (χ3v) is 3.44. The zero-order valence-corrected chi connectivity index (χ0v) is 11.7. The zero-order valence-electron chi connectivity index (χ0n) is 10.2. The summed E-state index contributed by atoms with van der Waals surface area (Å²) in [6.07, 6.45) is 0. The molecule has 0 bridgehead atoms. The zero-order chi connectivity index (χ0) is 14.0. The van der Waals surface area contributed by atoms with Crippen LogP contribution in [0.15, 0.2) is 36.4 Å². The van der Waals surface area contributed by atoms with Gasteiger partial charge in [0.15, 0.2) is 0 Å². The van der Waals surface area contributed by atoms with Crippen LogP contribution in [0.5, 0.6) is 0 Å². The van der Waals surface area contributed by atoms with Crippen molar-refractivity contribution in [1.29, 1.82) is 0 Å². The molecule has 0 radical (unpaired) electrons. The number of anilines is 2. The fourth-order valence-electron chi connectivity index (χ4n) is 1.69. The second-order valence-electron chi connectivity index (χ2n) is 4.07. The molecule has 2 aromatic carbocycles. The minimum Gasteiger partial charge on any atom is -0.398 e. The lowest BCUT2D eigenvalue weighted by Crippen LogP contribution is -2.14. The van der Waals surface area contributed by atoms with Crippen molar-refractivity contribution in [2.45, 2.75) is 6.92 Å². The molecule has 2 aromatic rings. The predicted molar refractivity (Wildman–Crippen MR) is 80.0 cm³/mol. The van der Waals surface area contributed by atoms with Gasteiger partial charge in [0.1, 0.15) is 0 Å². The van der Waals surface area contributed by atoms with Crippen LogP contribution in [0.25, 0.3) is 0 Å². The summed E-state index contributed by atoms with van der Waals surface area (Å²) in [4.78, 5) is 12.2. The lowest BCUT2D eigenvalue weighted by molar-refractivity contribution is 0.102. The lowest BCUT2D eigenvalue weighted by atomic mass is 10.1. The molecule has 0 spiro atoms. The topological polar surface area (TPSA) is 55.1 Å². The van der Waals surface area contributed by atoms with Gasteiger partial charge in [0.2, 0.25) is 0 Å². The molecule has 0 aromatic heterocycles. The summed E-state index contributed by atoms with van der Waals surface area (Å²) in [6, 6.07) is 10.2. The molecule has 0 heterocycles. The van der Waals surface area contributed by atoms with Crippen molar-refractivity contribution >= 4 is 40.5 Å². The summed E-state index contributed by atoms with van der Waals surface area (Å²) in [6.45, 7) is 1.83. The SMILES string of the molecule is Cc1c(N)cccc1NC(=O)c1c(Cl)cccc1Cl. The van der Waals surface area contributed by atoms with Crippen LogP contribution in [0.2, 0.25) is 10.0 Å². The maximum absolute atomic E-state index is 12.2. The molecule has 19 heavy (non-hydrogen) atoms. The van der Waals surface area contributed by atoms with Crippen LogP contribution in [0.3, 0.4) is 0 Å². The van der Waals surface area contributed by atoms with E-state index in [2.05, 4.69) is 5.32 Å². The largest absolute Gasteiger partial charge is 0.398 e. The molecule has 2 rings (SSSR count). The molecule has 0 unspecified atom stereocenters. The smallest absolute Gasteiger partial charge is 0.258 e. The van der Waals surface area contributed by atoms with E-state index in [-0.39, 0.29) is 11.5 Å². The highest BCUT2D eigenvalue weighted by molar-refractivity contribution is 6.40. The first kappa shape index (κ1) is 13.7. The maximum Gasteiger partial charge on any atom is 0.258 e. The minimum absolute atomic E-state index is 0.257. The van der Waals surface area contributed by atoms with Crippen LogP contribution in [-0.2, 0) is 0 Å². The Bertz CT molecular complexity index is 621. The molecule has 0 atom stereocenters. The average Bonchev–Trinajstić information content (AvgIpc) is 2.35. The van der Waals surface area contributed by atoms with Crippen LogP contribution in [-0.4, -0.2) is 5.91 Å². The van der Waals surface area contributed by atoms with E-state index in [9.17, 15) is 4.79 Å². The van der Waals surface area contributed by atoms with Gasteiger partial charge in [0.05, 0.1) is 15.6 Å². The van der Waals surface area contributed by atoms with Gasteiger partial charge in [-0.1, -0.05) is 35.3 Å². The number of hydrogen-bond acceptors (Lipinski definition) is 2. The minimum atomic E-state index is -0.357. The fourth-order valence-corrected chi connectivity index (χ4v) is 2.26. The van der Waals surface area contributed by atoms with Gasteiger partial charge in [-0.15, -0.1) is 0 Å². The third kappa shape index (κ3) is 2.83. The Morgan fingerprint density at radius 1 is 1.11 bits per heavy atom. The monoisotopic (exact) mass is 294 g/mol. The first-order valence-corrected chi connectivity index (χ1v) is 6.36. The molecule has 0 fully saturated rings. The van der Waals surface area contributed by atoms with Crippen molar-refractivity contribution in [3.05, 3.63) is 57.6 Å². The number of nitrogens with two attached hydrogens (primary N) is 1. The fraction of sp³-hybridized carbons (Fsp3) is 0.0714. The Hall–Kier alpha value is -1.71. The molecule has 1 amide bonds. The second kappa shape index (κ2) is 5.51. The van der Waals surface area contributed by atoms with E-state index in [0.717, 1.165) is 5.56 Å². The average molecular weight is 295 g/mol. The van der Waals surface area contributed by atoms with Gasteiger partial charge in [-0.25, -0.2) is 0 Å². The van der Waals surface area contributed by atoms with Crippen molar-refractivity contribution in [2.24, 2.45) is 0 Å². The van der Waals surface area contributed by atoms with Gasteiger partial charge < -0.3 is 11.1 Å². The van der Waals surface area contributed by atoms with Gasteiger partial charge >= 0.3 is 0 Å². The molecule has 3 N–H and O–H groups in total. The van der Waals surface area contributed by atoms with E-state index in [1.165, 1.54) is 0 Å². The Morgan fingerprint density at radius 3 is 2.32 bits per heavy atom. The molecule has 0 aliphatic rings. The Labute approximate surface area is 121 Å². The van der Waals surface area contributed by atoms with E-state index in [1.54, 1.807) is 36.4 Å². The molecular weight excluding hydrogens is 283 g/mol. The summed E-state index contributed by atoms with van der Waals surface area (Å²) in [5.74, 6) is -0.357.